The third-order valence-corrected chi connectivity index (χ3v) is 2.73. The standard InChI is InChI=1S/C16H25NO/c1-5-14(12-17-13(3)4)10-15-8-7-9-16(11-15)18-6-2/h7-11,13,17H,5-6,12H2,1-4H3. The van der Waals surface area contributed by atoms with E-state index in [1.165, 1.54) is 11.1 Å². The molecule has 1 rings (SSSR count). The van der Waals surface area contributed by atoms with Gasteiger partial charge in [0.05, 0.1) is 6.61 Å². The van der Waals surface area contributed by atoms with E-state index in [0.29, 0.717) is 12.6 Å². The summed E-state index contributed by atoms with van der Waals surface area (Å²) >= 11 is 0. The van der Waals surface area contributed by atoms with E-state index in [-0.39, 0.29) is 0 Å². The SMILES string of the molecule is CCOc1cccc(C=C(CC)CNC(C)C)c1. The van der Waals surface area contributed by atoms with Crippen LogP contribution >= 0.6 is 0 Å². The van der Waals surface area contributed by atoms with Gasteiger partial charge in [0.2, 0.25) is 0 Å². The van der Waals surface area contributed by atoms with Crippen LogP contribution in [-0.2, 0) is 0 Å². The van der Waals surface area contributed by atoms with E-state index in [2.05, 4.69) is 44.3 Å². The van der Waals surface area contributed by atoms with E-state index in [4.69, 9.17) is 4.74 Å². The van der Waals surface area contributed by atoms with Crippen LogP contribution in [0.3, 0.4) is 0 Å². The van der Waals surface area contributed by atoms with Gasteiger partial charge < -0.3 is 10.1 Å². The molecular weight excluding hydrogens is 222 g/mol. The molecule has 0 aromatic heterocycles. The Morgan fingerprint density at radius 2 is 2.11 bits per heavy atom. The van der Waals surface area contributed by atoms with E-state index in [1.54, 1.807) is 0 Å². The Kier molecular flexibility index (Phi) is 6.51. The number of ether oxygens (including phenoxy) is 1. The fourth-order valence-electron chi connectivity index (χ4n) is 1.71. The van der Waals surface area contributed by atoms with Gasteiger partial charge in [0, 0.05) is 12.6 Å². The number of hydrogen-bond donors (Lipinski definition) is 1. The molecule has 0 bridgehead atoms. The maximum Gasteiger partial charge on any atom is 0.119 e. The van der Waals surface area contributed by atoms with Crippen molar-refractivity contribution in [2.24, 2.45) is 0 Å². The average Bonchev–Trinajstić information content (AvgIpc) is 2.35. The minimum absolute atomic E-state index is 0.523. The lowest BCUT2D eigenvalue weighted by Gasteiger charge is -2.10. The second-order valence-corrected chi connectivity index (χ2v) is 4.70. The molecule has 100 valence electrons. The molecule has 1 N–H and O–H groups in total. The quantitative estimate of drug-likeness (QED) is 0.789. The number of rotatable bonds is 7. The van der Waals surface area contributed by atoms with Crippen molar-refractivity contribution >= 4 is 6.08 Å². The summed E-state index contributed by atoms with van der Waals surface area (Å²) in [5.74, 6) is 0.943. The first-order chi connectivity index (χ1) is 8.65. The lowest BCUT2D eigenvalue weighted by molar-refractivity contribution is 0.340. The Hall–Kier alpha value is -1.28. The molecule has 18 heavy (non-hydrogen) atoms. The van der Waals surface area contributed by atoms with Gasteiger partial charge >= 0.3 is 0 Å². The van der Waals surface area contributed by atoms with Crippen molar-refractivity contribution < 1.29 is 4.74 Å². The highest BCUT2D eigenvalue weighted by Crippen LogP contribution is 2.16. The van der Waals surface area contributed by atoms with Crippen molar-refractivity contribution in [1.82, 2.24) is 5.32 Å². The molecule has 0 aliphatic carbocycles. The molecule has 0 aliphatic heterocycles. The maximum atomic E-state index is 5.52. The fourth-order valence-corrected chi connectivity index (χ4v) is 1.71. The lowest BCUT2D eigenvalue weighted by Crippen LogP contribution is -2.24. The van der Waals surface area contributed by atoms with E-state index in [0.717, 1.165) is 18.7 Å². The van der Waals surface area contributed by atoms with Crippen LogP contribution in [0.1, 0.15) is 39.7 Å². The summed E-state index contributed by atoms with van der Waals surface area (Å²) in [7, 11) is 0. The smallest absolute Gasteiger partial charge is 0.119 e. The van der Waals surface area contributed by atoms with Gasteiger partial charge in [-0.1, -0.05) is 44.6 Å². The van der Waals surface area contributed by atoms with Crippen molar-refractivity contribution in [3.63, 3.8) is 0 Å². The second kappa shape index (κ2) is 7.93. The molecule has 0 aliphatic rings. The van der Waals surface area contributed by atoms with Crippen LogP contribution in [0.2, 0.25) is 0 Å². The van der Waals surface area contributed by atoms with E-state index in [1.807, 2.05) is 19.1 Å². The minimum atomic E-state index is 0.523. The summed E-state index contributed by atoms with van der Waals surface area (Å²) in [5, 5.41) is 3.46. The van der Waals surface area contributed by atoms with Gasteiger partial charge in [0.1, 0.15) is 5.75 Å². The van der Waals surface area contributed by atoms with Crippen LogP contribution in [0, 0.1) is 0 Å². The second-order valence-electron chi connectivity index (χ2n) is 4.70. The van der Waals surface area contributed by atoms with Gasteiger partial charge in [-0.05, 0) is 31.0 Å². The third-order valence-electron chi connectivity index (χ3n) is 2.73. The molecule has 0 atom stereocenters. The average molecular weight is 247 g/mol. The van der Waals surface area contributed by atoms with Gasteiger partial charge in [-0.15, -0.1) is 0 Å². The molecule has 2 nitrogen and oxygen atoms in total. The Morgan fingerprint density at radius 3 is 2.72 bits per heavy atom. The Morgan fingerprint density at radius 1 is 1.33 bits per heavy atom. The zero-order valence-electron chi connectivity index (χ0n) is 12.0. The molecule has 0 unspecified atom stereocenters. The highest BCUT2D eigenvalue weighted by molar-refractivity contribution is 5.55. The Balaban J connectivity index is 2.74. The van der Waals surface area contributed by atoms with Gasteiger partial charge in [0.25, 0.3) is 0 Å². The summed E-state index contributed by atoms with van der Waals surface area (Å²) in [4.78, 5) is 0. The van der Waals surface area contributed by atoms with Crippen molar-refractivity contribution in [2.45, 2.75) is 40.2 Å². The van der Waals surface area contributed by atoms with Gasteiger partial charge in [-0.3, -0.25) is 0 Å². The van der Waals surface area contributed by atoms with Crippen LogP contribution in [0.25, 0.3) is 6.08 Å². The molecule has 1 aromatic rings. The van der Waals surface area contributed by atoms with Crippen LogP contribution in [-0.4, -0.2) is 19.2 Å². The van der Waals surface area contributed by atoms with Gasteiger partial charge in [-0.25, -0.2) is 0 Å². The highest BCUT2D eigenvalue weighted by Gasteiger charge is 1.99. The van der Waals surface area contributed by atoms with Crippen molar-refractivity contribution in [3.8, 4) is 5.75 Å². The van der Waals surface area contributed by atoms with Crippen molar-refractivity contribution in [2.75, 3.05) is 13.2 Å². The maximum absolute atomic E-state index is 5.52. The first-order valence-corrected chi connectivity index (χ1v) is 6.81. The van der Waals surface area contributed by atoms with Gasteiger partial charge in [-0.2, -0.15) is 0 Å². The van der Waals surface area contributed by atoms with Crippen LogP contribution in [0.15, 0.2) is 29.8 Å². The molecule has 0 spiro atoms. The summed E-state index contributed by atoms with van der Waals surface area (Å²) < 4.78 is 5.52. The molecule has 0 radical (unpaired) electrons. The Labute approximate surface area is 111 Å². The van der Waals surface area contributed by atoms with Crippen LogP contribution < -0.4 is 10.1 Å². The van der Waals surface area contributed by atoms with Crippen molar-refractivity contribution in [1.29, 1.82) is 0 Å². The monoisotopic (exact) mass is 247 g/mol. The molecule has 0 amide bonds. The number of benzene rings is 1. The largest absolute Gasteiger partial charge is 0.494 e. The van der Waals surface area contributed by atoms with E-state index >= 15 is 0 Å². The first-order valence-electron chi connectivity index (χ1n) is 6.81. The normalized spacial score (nSPS) is 11.9. The zero-order valence-corrected chi connectivity index (χ0v) is 12.0. The van der Waals surface area contributed by atoms with E-state index in [9.17, 15) is 0 Å². The van der Waals surface area contributed by atoms with Crippen molar-refractivity contribution in [3.05, 3.63) is 35.4 Å². The predicted molar refractivity (Wildman–Crippen MR) is 79.0 cm³/mol. The molecular formula is C16H25NO. The minimum Gasteiger partial charge on any atom is -0.494 e. The molecule has 0 fully saturated rings. The molecule has 1 aromatic carbocycles. The molecule has 0 heterocycles. The summed E-state index contributed by atoms with van der Waals surface area (Å²) in [6.07, 6.45) is 3.32. The zero-order chi connectivity index (χ0) is 13.4. The first kappa shape index (κ1) is 14.8. The van der Waals surface area contributed by atoms with Crippen LogP contribution in [0.4, 0.5) is 0 Å². The summed E-state index contributed by atoms with van der Waals surface area (Å²) in [5.41, 5.74) is 2.63. The highest BCUT2D eigenvalue weighted by atomic mass is 16.5. The number of nitrogens with one attached hydrogen (secondary N) is 1. The lowest BCUT2D eigenvalue weighted by atomic mass is 10.1. The van der Waals surface area contributed by atoms with Gasteiger partial charge in [0.15, 0.2) is 0 Å². The molecule has 0 saturated heterocycles. The summed E-state index contributed by atoms with van der Waals surface area (Å²) in [6.45, 7) is 10.2. The topological polar surface area (TPSA) is 21.3 Å². The van der Waals surface area contributed by atoms with Crippen LogP contribution in [0.5, 0.6) is 5.75 Å². The third kappa shape index (κ3) is 5.37. The molecule has 2 heteroatoms. The predicted octanol–water partition coefficient (Wildman–Crippen LogP) is 3.88. The fraction of sp³-hybridized carbons (Fsp3) is 0.500. The molecule has 0 saturated carbocycles. The Bertz CT molecular complexity index is 382. The summed E-state index contributed by atoms with van der Waals surface area (Å²) in [6, 6.07) is 8.77. The van der Waals surface area contributed by atoms with E-state index < -0.39 is 0 Å². The number of hydrogen-bond acceptors (Lipinski definition) is 2.